The summed E-state index contributed by atoms with van der Waals surface area (Å²) in [6.07, 6.45) is 0.785. The van der Waals surface area contributed by atoms with Crippen LogP contribution in [0.25, 0.3) is 0 Å². The van der Waals surface area contributed by atoms with E-state index in [1.165, 1.54) is 18.3 Å². The molecule has 0 aliphatic carbocycles. The molecule has 20 heavy (non-hydrogen) atoms. The minimum absolute atomic E-state index is 0.100. The Hall–Kier alpha value is -1.80. The minimum atomic E-state index is -0.189. The number of nitrogens with zero attached hydrogens (tertiary/aromatic N) is 3. The molecule has 8 heteroatoms. The van der Waals surface area contributed by atoms with E-state index in [0.717, 1.165) is 17.0 Å². The average Bonchev–Trinajstić information content (AvgIpc) is 3.04. The van der Waals surface area contributed by atoms with Gasteiger partial charge in [0.25, 0.3) is 5.91 Å². The van der Waals surface area contributed by atoms with Crippen molar-refractivity contribution < 1.29 is 9.59 Å². The number of thiazole rings is 2. The van der Waals surface area contributed by atoms with Gasteiger partial charge in [-0.25, -0.2) is 9.97 Å². The van der Waals surface area contributed by atoms with Crippen LogP contribution in [0.3, 0.4) is 0 Å². The fraction of sp³-hybridized carbons (Fsp3) is 0.333. The minimum Gasteiger partial charge on any atom is -0.332 e. The largest absolute Gasteiger partial charge is 0.332 e. The van der Waals surface area contributed by atoms with Crippen molar-refractivity contribution in [2.75, 3.05) is 11.9 Å². The lowest BCUT2D eigenvalue weighted by molar-refractivity contribution is -0.114. The highest BCUT2D eigenvalue weighted by molar-refractivity contribution is 7.14. The maximum absolute atomic E-state index is 12.4. The van der Waals surface area contributed by atoms with E-state index in [9.17, 15) is 9.59 Å². The Balaban J connectivity index is 1.73. The molecule has 104 valence electrons. The molecular weight excluding hydrogens is 296 g/mol. The highest BCUT2D eigenvalue weighted by Crippen LogP contribution is 2.24. The number of carbonyl (C=O) groups excluding carboxylic acids is 2. The molecular formula is C12H12N4O2S2. The van der Waals surface area contributed by atoms with Crippen molar-refractivity contribution in [1.82, 2.24) is 14.9 Å². The van der Waals surface area contributed by atoms with E-state index < -0.39 is 0 Å². The third-order valence-corrected chi connectivity index (χ3v) is 4.59. The highest BCUT2D eigenvalue weighted by atomic mass is 32.1. The van der Waals surface area contributed by atoms with E-state index in [-0.39, 0.29) is 11.8 Å². The van der Waals surface area contributed by atoms with Crippen molar-refractivity contribution in [2.45, 2.75) is 19.9 Å². The normalized spacial score (nSPS) is 13.9. The number of hydrogen-bond acceptors (Lipinski definition) is 6. The van der Waals surface area contributed by atoms with Crippen LogP contribution in [0.1, 0.15) is 28.0 Å². The summed E-state index contributed by atoms with van der Waals surface area (Å²) in [4.78, 5) is 34.7. The van der Waals surface area contributed by atoms with E-state index in [2.05, 4.69) is 15.3 Å². The van der Waals surface area contributed by atoms with Crippen LogP contribution in [0.5, 0.6) is 0 Å². The molecule has 3 rings (SSSR count). The topological polar surface area (TPSA) is 75.2 Å². The second-order valence-corrected chi connectivity index (χ2v) is 6.22. The molecule has 0 saturated carbocycles. The molecule has 1 aliphatic heterocycles. The Morgan fingerprint density at radius 1 is 1.40 bits per heavy atom. The summed E-state index contributed by atoms with van der Waals surface area (Å²) in [5.74, 6) is -0.289. The monoisotopic (exact) mass is 308 g/mol. The smallest absolute Gasteiger partial charge is 0.273 e. The zero-order valence-corrected chi connectivity index (χ0v) is 12.4. The van der Waals surface area contributed by atoms with Gasteiger partial charge in [0.2, 0.25) is 5.91 Å². The Morgan fingerprint density at radius 3 is 3.05 bits per heavy atom. The Labute approximate surface area is 123 Å². The van der Waals surface area contributed by atoms with E-state index >= 15 is 0 Å². The van der Waals surface area contributed by atoms with E-state index in [0.29, 0.717) is 23.9 Å². The molecule has 0 fully saturated rings. The van der Waals surface area contributed by atoms with Crippen molar-refractivity contribution in [3.8, 4) is 0 Å². The van der Waals surface area contributed by atoms with Crippen molar-refractivity contribution in [3.63, 3.8) is 0 Å². The summed E-state index contributed by atoms with van der Waals surface area (Å²) in [5, 5.41) is 4.72. The second-order valence-electron chi connectivity index (χ2n) is 4.42. The quantitative estimate of drug-likeness (QED) is 0.917. The Morgan fingerprint density at radius 2 is 2.25 bits per heavy atom. The van der Waals surface area contributed by atoms with Gasteiger partial charge in [-0.05, 0) is 0 Å². The fourth-order valence-corrected chi connectivity index (χ4v) is 3.59. The SMILES string of the molecule is CC(=O)Nc1nc(C(=O)N2CCc3ncsc3C2)cs1. The molecule has 0 unspecified atom stereocenters. The van der Waals surface area contributed by atoms with Gasteiger partial charge in [0.1, 0.15) is 5.69 Å². The van der Waals surface area contributed by atoms with Crippen molar-refractivity contribution >= 4 is 39.6 Å². The third kappa shape index (κ3) is 2.56. The van der Waals surface area contributed by atoms with Gasteiger partial charge in [-0.2, -0.15) is 0 Å². The average molecular weight is 308 g/mol. The van der Waals surface area contributed by atoms with Gasteiger partial charge in [-0.1, -0.05) is 0 Å². The molecule has 2 aromatic heterocycles. The van der Waals surface area contributed by atoms with Crippen molar-refractivity contribution in [2.24, 2.45) is 0 Å². The van der Waals surface area contributed by atoms with Gasteiger partial charge >= 0.3 is 0 Å². The molecule has 1 N–H and O–H groups in total. The lowest BCUT2D eigenvalue weighted by Crippen LogP contribution is -2.35. The summed E-state index contributed by atoms with van der Waals surface area (Å²) in [6.45, 7) is 2.66. The van der Waals surface area contributed by atoms with Crippen LogP contribution in [0, 0.1) is 0 Å². The molecule has 0 atom stereocenters. The summed E-state index contributed by atoms with van der Waals surface area (Å²) < 4.78 is 0. The third-order valence-electron chi connectivity index (χ3n) is 2.97. The number of nitrogens with one attached hydrogen (secondary N) is 1. The first kappa shape index (κ1) is 13.2. The first-order valence-electron chi connectivity index (χ1n) is 6.07. The molecule has 0 bridgehead atoms. The predicted molar refractivity (Wildman–Crippen MR) is 77.0 cm³/mol. The number of hydrogen-bond donors (Lipinski definition) is 1. The van der Waals surface area contributed by atoms with Gasteiger partial charge in [0.15, 0.2) is 5.13 Å². The van der Waals surface area contributed by atoms with Gasteiger partial charge in [-0.15, -0.1) is 22.7 Å². The molecule has 0 spiro atoms. The standard InChI is InChI=1S/C12H12N4O2S2/c1-7(17)14-12-15-9(5-19-12)11(18)16-3-2-8-10(4-16)20-6-13-8/h5-6H,2-4H2,1H3,(H,14,15,17). The lowest BCUT2D eigenvalue weighted by Gasteiger charge is -2.25. The second kappa shape index (κ2) is 5.29. The maximum atomic E-state index is 12.4. The Kier molecular flexibility index (Phi) is 3.49. The van der Waals surface area contributed by atoms with Crippen LogP contribution < -0.4 is 5.32 Å². The molecule has 0 aromatic carbocycles. The zero-order chi connectivity index (χ0) is 14.1. The number of fused-ring (bicyclic) bond motifs is 1. The summed E-state index contributed by atoms with van der Waals surface area (Å²) in [6, 6.07) is 0. The molecule has 1 aliphatic rings. The molecule has 0 radical (unpaired) electrons. The predicted octanol–water partition coefficient (Wildman–Crippen LogP) is 1.76. The molecule has 0 saturated heterocycles. The van der Waals surface area contributed by atoms with Gasteiger partial charge in [-0.3, -0.25) is 9.59 Å². The molecule has 6 nitrogen and oxygen atoms in total. The van der Waals surface area contributed by atoms with Crippen molar-refractivity contribution in [1.29, 1.82) is 0 Å². The van der Waals surface area contributed by atoms with Crippen LogP contribution >= 0.6 is 22.7 Å². The highest BCUT2D eigenvalue weighted by Gasteiger charge is 2.25. The lowest BCUT2D eigenvalue weighted by atomic mass is 10.1. The van der Waals surface area contributed by atoms with Gasteiger partial charge in [0.05, 0.1) is 17.7 Å². The fourth-order valence-electron chi connectivity index (χ4n) is 2.03. The zero-order valence-electron chi connectivity index (χ0n) is 10.8. The first-order chi connectivity index (χ1) is 9.63. The van der Waals surface area contributed by atoms with Gasteiger partial charge < -0.3 is 10.2 Å². The van der Waals surface area contributed by atoms with E-state index in [1.807, 2.05) is 5.51 Å². The Bertz CT molecular complexity index is 664. The number of anilines is 1. The van der Waals surface area contributed by atoms with Crippen LogP contribution in [0.2, 0.25) is 0 Å². The molecule has 3 heterocycles. The molecule has 2 amide bonds. The van der Waals surface area contributed by atoms with E-state index in [1.54, 1.807) is 21.6 Å². The first-order valence-corrected chi connectivity index (χ1v) is 7.83. The van der Waals surface area contributed by atoms with E-state index in [4.69, 9.17) is 0 Å². The summed E-state index contributed by atoms with van der Waals surface area (Å²) in [7, 11) is 0. The number of carbonyl (C=O) groups is 2. The van der Waals surface area contributed by atoms with Crippen LogP contribution in [-0.2, 0) is 17.8 Å². The van der Waals surface area contributed by atoms with Crippen LogP contribution in [0.4, 0.5) is 5.13 Å². The summed E-state index contributed by atoms with van der Waals surface area (Å²) in [5.41, 5.74) is 3.29. The number of rotatable bonds is 2. The van der Waals surface area contributed by atoms with Crippen LogP contribution in [0.15, 0.2) is 10.9 Å². The number of amides is 2. The molecule has 2 aromatic rings. The van der Waals surface area contributed by atoms with Crippen LogP contribution in [-0.4, -0.2) is 33.2 Å². The van der Waals surface area contributed by atoms with Gasteiger partial charge in [0, 0.05) is 30.1 Å². The number of aromatic nitrogens is 2. The maximum Gasteiger partial charge on any atom is 0.273 e. The van der Waals surface area contributed by atoms with Crippen molar-refractivity contribution in [3.05, 3.63) is 27.2 Å². The summed E-state index contributed by atoms with van der Waals surface area (Å²) >= 11 is 2.83.